The van der Waals surface area contributed by atoms with Gasteiger partial charge in [0.1, 0.15) is 6.54 Å². The molecule has 0 amide bonds. The van der Waals surface area contributed by atoms with E-state index in [0.717, 1.165) is 34.4 Å². The van der Waals surface area contributed by atoms with Crippen LogP contribution in [-0.4, -0.2) is 17.6 Å². The molecule has 6 heteroatoms. The molecular weight excluding hydrogens is 322 g/mol. The first-order chi connectivity index (χ1) is 10.6. The number of esters is 1. The predicted octanol–water partition coefficient (Wildman–Crippen LogP) is 3.94. The Bertz CT molecular complexity index is 759. The number of carbonyl (C=O) groups is 1. The van der Waals surface area contributed by atoms with Crippen LogP contribution in [0.4, 0.5) is 0 Å². The Balaban J connectivity index is 2.04. The van der Waals surface area contributed by atoms with E-state index in [-0.39, 0.29) is 11.4 Å². The lowest BCUT2D eigenvalue weighted by Gasteiger charge is -2.23. The van der Waals surface area contributed by atoms with E-state index < -0.39 is 5.97 Å². The smallest absolute Gasteiger partial charge is 0.325 e. The van der Waals surface area contributed by atoms with E-state index in [0.29, 0.717) is 16.5 Å². The van der Waals surface area contributed by atoms with Crippen LogP contribution < -0.4 is 4.87 Å². The van der Waals surface area contributed by atoms with Crippen molar-refractivity contribution < 1.29 is 9.53 Å². The zero-order valence-corrected chi connectivity index (χ0v) is 14.0. The summed E-state index contributed by atoms with van der Waals surface area (Å²) in [4.78, 5) is 23.4. The lowest BCUT2D eigenvalue weighted by atomic mass is 9.84. The molecule has 3 rings (SSSR count). The van der Waals surface area contributed by atoms with Crippen LogP contribution in [0.3, 0.4) is 0 Å². The molecule has 4 nitrogen and oxygen atoms in total. The average Bonchev–Trinajstić information content (AvgIpc) is 2.82. The van der Waals surface area contributed by atoms with Gasteiger partial charge in [-0.25, -0.2) is 0 Å². The molecule has 0 spiro atoms. The van der Waals surface area contributed by atoms with E-state index in [4.69, 9.17) is 11.6 Å². The summed E-state index contributed by atoms with van der Waals surface area (Å²) in [6.07, 6.45) is 6.07. The van der Waals surface area contributed by atoms with E-state index in [2.05, 4.69) is 4.74 Å². The molecule has 2 aromatic rings. The lowest BCUT2D eigenvalue weighted by molar-refractivity contribution is -0.141. The van der Waals surface area contributed by atoms with E-state index in [1.54, 1.807) is 0 Å². The minimum atomic E-state index is -0.436. The number of hydrogen-bond donors (Lipinski definition) is 0. The second-order valence-electron chi connectivity index (χ2n) is 5.71. The van der Waals surface area contributed by atoms with Gasteiger partial charge in [-0.3, -0.25) is 14.2 Å². The van der Waals surface area contributed by atoms with Gasteiger partial charge >= 0.3 is 10.8 Å². The second kappa shape index (κ2) is 6.42. The summed E-state index contributed by atoms with van der Waals surface area (Å²) in [5.41, 5.74) is 1.85. The van der Waals surface area contributed by atoms with E-state index in [1.165, 1.54) is 30.9 Å². The van der Waals surface area contributed by atoms with Gasteiger partial charge in [-0.1, -0.05) is 42.2 Å². The molecule has 118 valence electrons. The third kappa shape index (κ3) is 2.92. The Morgan fingerprint density at radius 2 is 2.09 bits per heavy atom. The molecule has 1 heterocycles. The maximum Gasteiger partial charge on any atom is 0.325 e. The van der Waals surface area contributed by atoms with Crippen LogP contribution in [0.15, 0.2) is 16.9 Å². The van der Waals surface area contributed by atoms with Crippen molar-refractivity contribution in [1.29, 1.82) is 0 Å². The average molecular weight is 340 g/mol. The highest BCUT2D eigenvalue weighted by Crippen LogP contribution is 2.38. The van der Waals surface area contributed by atoms with E-state index in [1.807, 2.05) is 12.1 Å². The van der Waals surface area contributed by atoms with Crippen LogP contribution in [-0.2, 0) is 16.1 Å². The number of fused-ring (bicyclic) bond motifs is 1. The summed E-state index contributed by atoms with van der Waals surface area (Å²) in [5, 5.41) is 0.691. The van der Waals surface area contributed by atoms with Gasteiger partial charge < -0.3 is 4.74 Å². The summed E-state index contributed by atoms with van der Waals surface area (Å²) in [7, 11) is 1.32. The van der Waals surface area contributed by atoms with Gasteiger partial charge in [-0.15, -0.1) is 0 Å². The minimum absolute atomic E-state index is 0.0750. The Hall–Kier alpha value is -1.33. The fourth-order valence-electron chi connectivity index (χ4n) is 3.17. The highest BCUT2D eigenvalue weighted by Gasteiger charge is 2.20. The van der Waals surface area contributed by atoms with Crippen LogP contribution in [0.5, 0.6) is 0 Å². The number of benzene rings is 1. The van der Waals surface area contributed by atoms with Crippen molar-refractivity contribution in [3.63, 3.8) is 0 Å². The second-order valence-corrected chi connectivity index (χ2v) is 7.11. The zero-order chi connectivity index (χ0) is 15.7. The number of hydrogen-bond acceptors (Lipinski definition) is 4. The van der Waals surface area contributed by atoms with Crippen LogP contribution in [0.1, 0.15) is 43.6 Å². The van der Waals surface area contributed by atoms with Gasteiger partial charge in [0.25, 0.3) is 0 Å². The van der Waals surface area contributed by atoms with Crippen molar-refractivity contribution in [1.82, 2.24) is 4.57 Å². The van der Waals surface area contributed by atoms with Gasteiger partial charge in [-0.2, -0.15) is 0 Å². The number of ether oxygens (including phenoxy) is 1. The molecular formula is C16H18ClNO3S. The fraction of sp³-hybridized carbons (Fsp3) is 0.500. The van der Waals surface area contributed by atoms with E-state index >= 15 is 0 Å². The van der Waals surface area contributed by atoms with Crippen molar-refractivity contribution >= 4 is 39.1 Å². The summed E-state index contributed by atoms with van der Waals surface area (Å²) in [6.45, 7) is -0.0750. The molecule has 1 saturated carbocycles. The predicted molar refractivity (Wildman–Crippen MR) is 88.9 cm³/mol. The summed E-state index contributed by atoms with van der Waals surface area (Å²) in [5.74, 6) is 0.0474. The SMILES string of the molecule is COC(=O)Cn1c(=O)sc2cc(C3CCCCC3)c(Cl)cc21. The molecule has 0 saturated heterocycles. The molecule has 1 aliphatic carbocycles. The molecule has 0 radical (unpaired) electrons. The third-order valence-corrected chi connectivity index (χ3v) is 5.62. The van der Waals surface area contributed by atoms with Crippen molar-refractivity contribution in [2.24, 2.45) is 0 Å². The number of methoxy groups -OCH3 is 1. The molecule has 0 aliphatic heterocycles. The number of thiazole rings is 1. The first-order valence-corrected chi connectivity index (χ1v) is 8.69. The molecule has 0 unspecified atom stereocenters. The molecule has 0 bridgehead atoms. The maximum atomic E-state index is 12.1. The van der Waals surface area contributed by atoms with Crippen molar-refractivity contribution in [2.75, 3.05) is 7.11 Å². The lowest BCUT2D eigenvalue weighted by Crippen LogP contribution is -2.19. The molecule has 1 aliphatic rings. The Morgan fingerprint density at radius 1 is 1.36 bits per heavy atom. The largest absolute Gasteiger partial charge is 0.468 e. The number of rotatable bonds is 3. The summed E-state index contributed by atoms with van der Waals surface area (Å²) < 4.78 is 6.97. The van der Waals surface area contributed by atoms with Gasteiger partial charge in [0.05, 0.1) is 17.3 Å². The van der Waals surface area contributed by atoms with Crippen molar-refractivity contribution in [2.45, 2.75) is 44.6 Å². The van der Waals surface area contributed by atoms with Crippen molar-refractivity contribution in [3.05, 3.63) is 32.4 Å². The highest BCUT2D eigenvalue weighted by atomic mass is 35.5. The first-order valence-electron chi connectivity index (χ1n) is 7.49. The Morgan fingerprint density at radius 3 is 2.77 bits per heavy atom. The number of halogens is 1. The van der Waals surface area contributed by atoms with Gasteiger partial charge in [0.2, 0.25) is 0 Å². The van der Waals surface area contributed by atoms with Crippen LogP contribution in [0, 0.1) is 0 Å². The standard InChI is InChI=1S/C16H18ClNO3S/c1-21-15(19)9-18-13-8-12(17)11(7-14(13)22-16(18)20)10-5-3-2-4-6-10/h7-8,10H,2-6,9H2,1H3. The summed E-state index contributed by atoms with van der Waals surface area (Å²) >= 11 is 7.62. The molecule has 1 aromatic heterocycles. The first kappa shape index (κ1) is 15.6. The fourth-order valence-corrected chi connectivity index (χ4v) is 4.40. The molecule has 22 heavy (non-hydrogen) atoms. The topological polar surface area (TPSA) is 48.3 Å². The maximum absolute atomic E-state index is 12.1. The zero-order valence-electron chi connectivity index (χ0n) is 12.4. The van der Waals surface area contributed by atoms with Crippen LogP contribution in [0.2, 0.25) is 5.02 Å². The van der Waals surface area contributed by atoms with Gasteiger partial charge in [0, 0.05) is 5.02 Å². The molecule has 0 N–H and O–H groups in total. The minimum Gasteiger partial charge on any atom is -0.468 e. The number of nitrogens with zero attached hydrogens (tertiary/aromatic N) is 1. The summed E-state index contributed by atoms with van der Waals surface area (Å²) in [6, 6.07) is 3.86. The highest BCUT2D eigenvalue weighted by molar-refractivity contribution is 7.16. The number of aromatic nitrogens is 1. The molecule has 1 fully saturated rings. The van der Waals surface area contributed by atoms with Crippen LogP contribution in [0.25, 0.3) is 10.2 Å². The van der Waals surface area contributed by atoms with Crippen LogP contribution >= 0.6 is 22.9 Å². The normalized spacial score (nSPS) is 16.1. The van der Waals surface area contributed by atoms with E-state index in [9.17, 15) is 9.59 Å². The van der Waals surface area contributed by atoms with Crippen molar-refractivity contribution in [3.8, 4) is 0 Å². The molecule has 1 aromatic carbocycles. The van der Waals surface area contributed by atoms with Gasteiger partial charge in [-0.05, 0) is 36.5 Å². The molecule has 0 atom stereocenters. The quantitative estimate of drug-likeness (QED) is 0.796. The Labute approximate surface area is 137 Å². The number of carbonyl (C=O) groups excluding carboxylic acids is 1. The third-order valence-electron chi connectivity index (χ3n) is 4.35. The Kier molecular flexibility index (Phi) is 4.54. The monoisotopic (exact) mass is 339 g/mol. The van der Waals surface area contributed by atoms with Gasteiger partial charge in [0.15, 0.2) is 0 Å².